The summed E-state index contributed by atoms with van der Waals surface area (Å²) in [5, 5.41) is 11.6. The summed E-state index contributed by atoms with van der Waals surface area (Å²) in [7, 11) is -2.02. The summed E-state index contributed by atoms with van der Waals surface area (Å²) in [6.07, 6.45) is 0.859. The second-order valence-corrected chi connectivity index (χ2v) is 7.47. The minimum Gasteiger partial charge on any atom is -0.497 e. The molecule has 0 heterocycles. The van der Waals surface area contributed by atoms with E-state index in [1.165, 1.54) is 17.7 Å². The molecule has 0 aromatic heterocycles. The number of nitrogens with zero attached hydrogens (tertiary/aromatic N) is 1. The number of hydrogen-bond acceptors (Lipinski definition) is 4. The van der Waals surface area contributed by atoms with Crippen molar-refractivity contribution in [2.24, 2.45) is 10.1 Å². The SMILES string of the molecule is CCNC(=NCc1ccc(S(N)(=O)=O)cc1)NCCc1ccc(OC)cc1.I. The Bertz CT molecular complexity index is 854. The van der Waals surface area contributed by atoms with E-state index >= 15 is 0 Å². The van der Waals surface area contributed by atoms with Crippen molar-refractivity contribution in [3.8, 4) is 5.75 Å². The van der Waals surface area contributed by atoms with Gasteiger partial charge in [-0.1, -0.05) is 24.3 Å². The van der Waals surface area contributed by atoms with Gasteiger partial charge in [-0.15, -0.1) is 24.0 Å². The highest BCUT2D eigenvalue weighted by Crippen LogP contribution is 2.11. The van der Waals surface area contributed by atoms with Gasteiger partial charge in [0.1, 0.15) is 5.75 Å². The molecule has 9 heteroatoms. The van der Waals surface area contributed by atoms with Gasteiger partial charge in [-0.05, 0) is 48.7 Å². The number of benzene rings is 2. The Morgan fingerprint density at radius 2 is 1.64 bits per heavy atom. The van der Waals surface area contributed by atoms with Gasteiger partial charge in [-0.3, -0.25) is 0 Å². The summed E-state index contributed by atoms with van der Waals surface area (Å²) in [5.74, 6) is 1.55. The zero-order valence-corrected chi connectivity index (χ0v) is 19.2. The third-order valence-electron chi connectivity index (χ3n) is 3.88. The second kappa shape index (κ2) is 11.9. The Hall–Kier alpha value is -1.85. The molecule has 0 aliphatic carbocycles. The highest BCUT2D eigenvalue weighted by Gasteiger charge is 2.06. The van der Waals surface area contributed by atoms with E-state index in [-0.39, 0.29) is 28.9 Å². The maximum atomic E-state index is 11.3. The predicted molar refractivity (Wildman–Crippen MR) is 123 cm³/mol. The molecule has 0 saturated carbocycles. The molecule has 0 aliphatic rings. The van der Waals surface area contributed by atoms with E-state index in [2.05, 4.69) is 15.6 Å². The number of halogens is 1. The highest BCUT2D eigenvalue weighted by atomic mass is 127. The zero-order chi connectivity index (χ0) is 19.7. The van der Waals surface area contributed by atoms with E-state index in [1.807, 2.05) is 31.2 Å². The van der Waals surface area contributed by atoms with Crippen LogP contribution >= 0.6 is 24.0 Å². The monoisotopic (exact) mass is 518 g/mol. The summed E-state index contributed by atoms with van der Waals surface area (Å²) in [6, 6.07) is 14.4. The van der Waals surface area contributed by atoms with Crippen LogP contribution in [0, 0.1) is 0 Å². The first-order chi connectivity index (χ1) is 12.9. The summed E-state index contributed by atoms with van der Waals surface area (Å²) < 4.78 is 27.7. The molecule has 0 spiro atoms. The van der Waals surface area contributed by atoms with Crippen LogP contribution < -0.4 is 20.5 Å². The molecule has 0 radical (unpaired) electrons. The normalized spacial score (nSPS) is 11.5. The smallest absolute Gasteiger partial charge is 0.238 e. The number of methoxy groups -OCH3 is 1. The third kappa shape index (κ3) is 8.03. The van der Waals surface area contributed by atoms with Crippen molar-refractivity contribution in [1.82, 2.24) is 10.6 Å². The van der Waals surface area contributed by atoms with Gasteiger partial charge in [0, 0.05) is 13.1 Å². The van der Waals surface area contributed by atoms with Crippen LogP contribution in [0.1, 0.15) is 18.1 Å². The van der Waals surface area contributed by atoms with E-state index in [0.29, 0.717) is 12.5 Å². The molecule has 0 amide bonds. The molecule has 7 nitrogen and oxygen atoms in total. The van der Waals surface area contributed by atoms with E-state index in [0.717, 1.165) is 30.8 Å². The highest BCUT2D eigenvalue weighted by molar-refractivity contribution is 14.0. The minimum absolute atomic E-state index is 0. The van der Waals surface area contributed by atoms with E-state index in [4.69, 9.17) is 9.88 Å². The quantitative estimate of drug-likeness (QED) is 0.283. The van der Waals surface area contributed by atoms with Crippen LogP contribution in [0.15, 0.2) is 58.4 Å². The van der Waals surface area contributed by atoms with Gasteiger partial charge in [-0.2, -0.15) is 0 Å². The van der Waals surface area contributed by atoms with E-state index < -0.39 is 10.0 Å². The summed E-state index contributed by atoms with van der Waals surface area (Å²) in [4.78, 5) is 4.62. The second-order valence-electron chi connectivity index (χ2n) is 5.91. The fourth-order valence-corrected chi connectivity index (χ4v) is 2.93. The standard InChI is InChI=1S/C19H26N4O3S.HI/c1-3-21-19(22-13-12-15-4-8-17(26-2)9-5-15)23-14-16-6-10-18(11-7-16)27(20,24)25;/h4-11H,3,12-14H2,1-2H3,(H2,20,24,25)(H2,21,22,23);1H. The van der Waals surface area contributed by atoms with Gasteiger partial charge in [-0.25, -0.2) is 18.5 Å². The summed E-state index contributed by atoms with van der Waals surface area (Å²) >= 11 is 0. The van der Waals surface area contributed by atoms with E-state index in [1.54, 1.807) is 19.2 Å². The molecule has 2 rings (SSSR count). The molecule has 28 heavy (non-hydrogen) atoms. The number of nitrogens with two attached hydrogens (primary N) is 1. The lowest BCUT2D eigenvalue weighted by atomic mass is 10.1. The molecule has 154 valence electrons. The Kier molecular flexibility index (Phi) is 10.3. The van der Waals surface area contributed by atoms with Crippen LogP contribution in [0.25, 0.3) is 0 Å². The molecule has 0 atom stereocenters. The van der Waals surface area contributed by atoms with Gasteiger partial charge in [0.25, 0.3) is 0 Å². The number of nitrogens with one attached hydrogen (secondary N) is 2. The number of aliphatic imine (C=N–C) groups is 1. The van der Waals surface area contributed by atoms with Crippen LogP contribution in [-0.4, -0.2) is 34.6 Å². The van der Waals surface area contributed by atoms with Gasteiger partial charge in [0.2, 0.25) is 10.0 Å². The van der Waals surface area contributed by atoms with Crippen molar-refractivity contribution in [2.45, 2.75) is 24.8 Å². The molecule has 4 N–H and O–H groups in total. The third-order valence-corrected chi connectivity index (χ3v) is 4.81. The topological polar surface area (TPSA) is 106 Å². The average molecular weight is 518 g/mol. The summed E-state index contributed by atoms with van der Waals surface area (Å²) in [5.41, 5.74) is 2.10. The lowest BCUT2D eigenvalue weighted by Crippen LogP contribution is -2.38. The zero-order valence-electron chi connectivity index (χ0n) is 16.0. The maximum absolute atomic E-state index is 11.3. The molecule has 2 aromatic carbocycles. The van der Waals surface area contributed by atoms with Crippen molar-refractivity contribution in [3.63, 3.8) is 0 Å². The lowest BCUT2D eigenvalue weighted by molar-refractivity contribution is 0.414. The Morgan fingerprint density at radius 3 is 2.18 bits per heavy atom. The van der Waals surface area contributed by atoms with Crippen LogP contribution in [0.2, 0.25) is 0 Å². The average Bonchev–Trinajstić information content (AvgIpc) is 2.66. The fraction of sp³-hybridized carbons (Fsp3) is 0.316. The molecular formula is C19H27IN4O3S. The lowest BCUT2D eigenvalue weighted by Gasteiger charge is -2.11. The summed E-state index contributed by atoms with van der Waals surface area (Å²) in [6.45, 7) is 3.92. The fourth-order valence-electron chi connectivity index (χ4n) is 2.41. The van der Waals surface area contributed by atoms with Crippen molar-refractivity contribution < 1.29 is 13.2 Å². The number of guanidine groups is 1. The molecule has 0 unspecified atom stereocenters. The van der Waals surface area contributed by atoms with Crippen LogP contribution in [0.4, 0.5) is 0 Å². The maximum Gasteiger partial charge on any atom is 0.238 e. The van der Waals surface area contributed by atoms with Crippen LogP contribution in [0.5, 0.6) is 5.75 Å². The Balaban J connectivity index is 0.00000392. The predicted octanol–water partition coefficient (Wildman–Crippen LogP) is 2.26. The van der Waals surface area contributed by atoms with Gasteiger partial charge in [0.05, 0.1) is 18.6 Å². The molecule has 0 aliphatic heterocycles. The number of ether oxygens (including phenoxy) is 1. The molecule has 0 saturated heterocycles. The van der Waals surface area contributed by atoms with Crippen molar-refractivity contribution in [1.29, 1.82) is 0 Å². The van der Waals surface area contributed by atoms with Gasteiger partial charge >= 0.3 is 0 Å². The molecule has 0 bridgehead atoms. The van der Waals surface area contributed by atoms with E-state index in [9.17, 15) is 8.42 Å². The largest absolute Gasteiger partial charge is 0.497 e. The van der Waals surface area contributed by atoms with Crippen LogP contribution in [-0.2, 0) is 23.0 Å². The number of rotatable bonds is 8. The van der Waals surface area contributed by atoms with Gasteiger partial charge < -0.3 is 15.4 Å². The molecule has 0 fully saturated rings. The first-order valence-electron chi connectivity index (χ1n) is 8.69. The Labute approximate surface area is 183 Å². The number of primary sulfonamides is 1. The Morgan fingerprint density at radius 1 is 1.04 bits per heavy atom. The van der Waals surface area contributed by atoms with Crippen molar-refractivity contribution in [3.05, 3.63) is 59.7 Å². The number of hydrogen-bond donors (Lipinski definition) is 3. The first kappa shape index (κ1) is 24.2. The van der Waals surface area contributed by atoms with Crippen molar-refractivity contribution in [2.75, 3.05) is 20.2 Å². The number of sulfonamides is 1. The van der Waals surface area contributed by atoms with Crippen molar-refractivity contribution >= 4 is 40.0 Å². The van der Waals surface area contributed by atoms with Crippen LogP contribution in [0.3, 0.4) is 0 Å². The molecular weight excluding hydrogens is 491 g/mol. The minimum atomic E-state index is -3.67. The first-order valence-corrected chi connectivity index (χ1v) is 10.2. The molecule has 2 aromatic rings. The van der Waals surface area contributed by atoms with Gasteiger partial charge in [0.15, 0.2) is 5.96 Å².